The Morgan fingerprint density at radius 2 is 1.60 bits per heavy atom. The molecule has 0 aliphatic rings. The molecule has 2 aromatic rings. The van der Waals surface area contributed by atoms with Crippen LogP contribution in [-0.4, -0.2) is 18.8 Å². The SMILES string of the molecule is CC(OCCCl)Oc1ccccc1Oc1ccccc1. The number of benzene rings is 2. The first-order chi connectivity index (χ1) is 9.79. The summed E-state index contributed by atoms with van der Waals surface area (Å²) in [6, 6.07) is 17.1. The maximum absolute atomic E-state index is 5.81. The van der Waals surface area contributed by atoms with Crippen molar-refractivity contribution in [1.82, 2.24) is 0 Å². The van der Waals surface area contributed by atoms with Gasteiger partial charge >= 0.3 is 0 Å². The lowest BCUT2D eigenvalue weighted by Crippen LogP contribution is -2.17. The Bertz CT molecular complexity index is 516. The third kappa shape index (κ3) is 4.44. The smallest absolute Gasteiger partial charge is 0.197 e. The second-order valence-corrected chi connectivity index (χ2v) is 4.49. The van der Waals surface area contributed by atoms with E-state index in [4.69, 9.17) is 25.8 Å². The second kappa shape index (κ2) is 7.78. The van der Waals surface area contributed by atoms with E-state index >= 15 is 0 Å². The van der Waals surface area contributed by atoms with Crippen molar-refractivity contribution in [1.29, 1.82) is 0 Å². The molecule has 4 heteroatoms. The van der Waals surface area contributed by atoms with Crippen LogP contribution in [0.1, 0.15) is 6.92 Å². The summed E-state index contributed by atoms with van der Waals surface area (Å²) in [5.41, 5.74) is 0. The molecule has 0 aliphatic carbocycles. The molecule has 2 aromatic carbocycles. The molecule has 3 nitrogen and oxygen atoms in total. The summed E-state index contributed by atoms with van der Waals surface area (Å²) >= 11 is 5.58. The van der Waals surface area contributed by atoms with Crippen molar-refractivity contribution < 1.29 is 14.2 Å². The summed E-state index contributed by atoms with van der Waals surface area (Å²) in [5.74, 6) is 2.49. The Balaban J connectivity index is 2.06. The second-order valence-electron chi connectivity index (χ2n) is 4.11. The molecule has 0 amide bonds. The molecule has 20 heavy (non-hydrogen) atoms. The summed E-state index contributed by atoms with van der Waals surface area (Å²) in [4.78, 5) is 0. The van der Waals surface area contributed by atoms with E-state index in [1.807, 2.05) is 61.5 Å². The minimum Gasteiger partial charge on any atom is -0.461 e. The highest BCUT2D eigenvalue weighted by Gasteiger charge is 2.09. The highest BCUT2D eigenvalue weighted by molar-refractivity contribution is 6.17. The molecule has 2 rings (SSSR count). The van der Waals surface area contributed by atoms with Crippen molar-refractivity contribution in [2.75, 3.05) is 12.5 Å². The molecule has 0 fully saturated rings. The first-order valence-corrected chi connectivity index (χ1v) is 6.99. The highest BCUT2D eigenvalue weighted by Crippen LogP contribution is 2.31. The van der Waals surface area contributed by atoms with Crippen LogP contribution in [0.15, 0.2) is 54.6 Å². The van der Waals surface area contributed by atoms with Gasteiger partial charge in [-0.3, -0.25) is 0 Å². The van der Waals surface area contributed by atoms with Gasteiger partial charge in [-0.2, -0.15) is 0 Å². The summed E-state index contributed by atoms with van der Waals surface area (Å²) in [5, 5.41) is 0. The molecule has 0 bridgehead atoms. The third-order valence-electron chi connectivity index (χ3n) is 2.54. The molecule has 106 valence electrons. The van der Waals surface area contributed by atoms with E-state index in [0.717, 1.165) is 5.75 Å². The first kappa shape index (κ1) is 14.7. The van der Waals surface area contributed by atoms with E-state index in [-0.39, 0.29) is 6.29 Å². The first-order valence-electron chi connectivity index (χ1n) is 6.46. The Morgan fingerprint density at radius 3 is 2.30 bits per heavy atom. The lowest BCUT2D eigenvalue weighted by molar-refractivity contribution is -0.0614. The van der Waals surface area contributed by atoms with Crippen LogP contribution in [0, 0.1) is 0 Å². The fraction of sp³-hybridized carbons (Fsp3) is 0.250. The number of rotatable bonds is 7. The van der Waals surface area contributed by atoms with Crippen molar-refractivity contribution in [3.05, 3.63) is 54.6 Å². The topological polar surface area (TPSA) is 27.7 Å². The molecule has 0 heterocycles. The van der Waals surface area contributed by atoms with E-state index < -0.39 is 0 Å². The van der Waals surface area contributed by atoms with Crippen LogP contribution in [-0.2, 0) is 4.74 Å². The van der Waals surface area contributed by atoms with E-state index in [2.05, 4.69) is 0 Å². The molecule has 0 aromatic heterocycles. The van der Waals surface area contributed by atoms with Crippen LogP contribution < -0.4 is 9.47 Å². The van der Waals surface area contributed by atoms with Gasteiger partial charge in [0.25, 0.3) is 0 Å². The Hall–Kier alpha value is -1.71. The molecule has 1 unspecified atom stereocenters. The van der Waals surface area contributed by atoms with Crippen LogP contribution in [0.2, 0.25) is 0 Å². The van der Waals surface area contributed by atoms with E-state index in [1.54, 1.807) is 0 Å². The van der Waals surface area contributed by atoms with Gasteiger partial charge in [0.2, 0.25) is 0 Å². The minimum atomic E-state index is -0.380. The fourth-order valence-corrected chi connectivity index (χ4v) is 1.76. The van der Waals surface area contributed by atoms with Gasteiger partial charge in [-0.05, 0) is 31.2 Å². The number of hydrogen-bond donors (Lipinski definition) is 0. The normalized spacial score (nSPS) is 11.9. The average molecular weight is 293 g/mol. The van der Waals surface area contributed by atoms with Crippen molar-refractivity contribution in [2.24, 2.45) is 0 Å². The van der Waals surface area contributed by atoms with Gasteiger partial charge in [-0.15, -0.1) is 11.6 Å². The van der Waals surface area contributed by atoms with E-state index in [1.165, 1.54) is 0 Å². The van der Waals surface area contributed by atoms with Gasteiger partial charge in [-0.25, -0.2) is 0 Å². The van der Waals surface area contributed by atoms with Crippen LogP contribution in [0.3, 0.4) is 0 Å². The standard InChI is InChI=1S/C16H17ClO3/c1-13(18-12-11-17)19-15-9-5-6-10-16(15)20-14-7-3-2-4-8-14/h2-10,13H,11-12H2,1H3. The predicted octanol–water partition coefficient (Wildman–Crippen LogP) is 4.46. The number of para-hydroxylation sites is 3. The van der Waals surface area contributed by atoms with Crippen molar-refractivity contribution in [2.45, 2.75) is 13.2 Å². The van der Waals surface area contributed by atoms with Crippen LogP contribution in [0.5, 0.6) is 17.2 Å². The zero-order valence-electron chi connectivity index (χ0n) is 11.3. The van der Waals surface area contributed by atoms with Crippen molar-refractivity contribution >= 4 is 11.6 Å². The van der Waals surface area contributed by atoms with E-state index in [9.17, 15) is 0 Å². The van der Waals surface area contributed by atoms with Gasteiger partial charge in [0.15, 0.2) is 17.8 Å². The van der Waals surface area contributed by atoms with Crippen molar-refractivity contribution in [3.63, 3.8) is 0 Å². The lowest BCUT2D eigenvalue weighted by Gasteiger charge is -2.17. The molecule has 0 saturated carbocycles. The van der Waals surface area contributed by atoms with E-state index in [0.29, 0.717) is 24.0 Å². The molecule has 0 aliphatic heterocycles. The quantitative estimate of drug-likeness (QED) is 0.557. The third-order valence-corrected chi connectivity index (χ3v) is 2.70. The Morgan fingerprint density at radius 1 is 0.950 bits per heavy atom. The molecule has 0 N–H and O–H groups in total. The highest BCUT2D eigenvalue weighted by atomic mass is 35.5. The molecule has 0 saturated heterocycles. The zero-order valence-corrected chi connectivity index (χ0v) is 12.0. The maximum Gasteiger partial charge on any atom is 0.197 e. The zero-order chi connectivity index (χ0) is 14.2. The van der Waals surface area contributed by atoms with Gasteiger partial charge in [0, 0.05) is 5.88 Å². The number of hydrogen-bond acceptors (Lipinski definition) is 3. The average Bonchev–Trinajstić information content (AvgIpc) is 2.48. The van der Waals surface area contributed by atoms with Gasteiger partial charge < -0.3 is 14.2 Å². The predicted molar refractivity (Wildman–Crippen MR) is 79.7 cm³/mol. The fourth-order valence-electron chi connectivity index (χ4n) is 1.67. The Labute approximate surface area is 124 Å². The van der Waals surface area contributed by atoms with Gasteiger partial charge in [0.1, 0.15) is 5.75 Å². The summed E-state index contributed by atoms with van der Waals surface area (Å²) < 4.78 is 16.9. The van der Waals surface area contributed by atoms with Gasteiger partial charge in [0.05, 0.1) is 6.61 Å². The molecule has 0 spiro atoms. The monoisotopic (exact) mass is 292 g/mol. The van der Waals surface area contributed by atoms with Crippen LogP contribution in [0.4, 0.5) is 0 Å². The van der Waals surface area contributed by atoms with Crippen LogP contribution in [0.25, 0.3) is 0 Å². The summed E-state index contributed by atoms with van der Waals surface area (Å²) in [7, 11) is 0. The van der Waals surface area contributed by atoms with Gasteiger partial charge in [-0.1, -0.05) is 30.3 Å². The summed E-state index contributed by atoms with van der Waals surface area (Å²) in [6.07, 6.45) is -0.380. The number of halogens is 1. The largest absolute Gasteiger partial charge is 0.461 e. The van der Waals surface area contributed by atoms with Crippen molar-refractivity contribution in [3.8, 4) is 17.2 Å². The lowest BCUT2D eigenvalue weighted by atomic mass is 10.3. The molecular formula is C16H17ClO3. The number of alkyl halides is 1. The molecule has 0 radical (unpaired) electrons. The minimum absolute atomic E-state index is 0.380. The molecule has 1 atom stereocenters. The maximum atomic E-state index is 5.81. The summed E-state index contributed by atoms with van der Waals surface area (Å²) in [6.45, 7) is 2.27. The Kier molecular flexibility index (Phi) is 5.71. The molecular weight excluding hydrogens is 276 g/mol. The number of ether oxygens (including phenoxy) is 3. The van der Waals surface area contributed by atoms with Crippen LogP contribution >= 0.6 is 11.6 Å².